The predicted octanol–water partition coefficient (Wildman–Crippen LogP) is 4.41. The van der Waals surface area contributed by atoms with Crippen LogP contribution in [-0.4, -0.2) is 16.0 Å². The summed E-state index contributed by atoms with van der Waals surface area (Å²) < 4.78 is 0. The number of nitrogens with one attached hydrogen (secondary N) is 2. The molecule has 0 bridgehead atoms. The molecule has 2 aromatic rings. The zero-order valence-electron chi connectivity index (χ0n) is 11.0. The van der Waals surface area contributed by atoms with Crippen LogP contribution in [0.5, 0.6) is 0 Å². The maximum absolute atomic E-state index is 6.14. The van der Waals surface area contributed by atoms with Gasteiger partial charge in [0.2, 0.25) is 5.95 Å². The molecule has 1 aliphatic carbocycles. The molecule has 4 nitrogen and oxygen atoms in total. The van der Waals surface area contributed by atoms with Gasteiger partial charge in [-0.05, 0) is 38.0 Å². The Morgan fingerprint density at radius 2 is 1.95 bits per heavy atom. The lowest BCUT2D eigenvalue weighted by Gasteiger charge is -2.10. The standard InChI is InChI=1S/C14H14Cl2N4/c1-8-6-13(18-10-3-4-10)20-14(17-8)19-12-5-2-9(15)7-11(12)16/h2,5-7,10H,3-4H2,1H3,(H2,17,18,19,20). The topological polar surface area (TPSA) is 49.8 Å². The fourth-order valence-corrected chi connectivity index (χ4v) is 2.30. The van der Waals surface area contributed by atoms with Crippen LogP contribution in [0.1, 0.15) is 18.5 Å². The molecule has 1 heterocycles. The number of hydrogen-bond acceptors (Lipinski definition) is 4. The van der Waals surface area contributed by atoms with Crippen molar-refractivity contribution in [2.45, 2.75) is 25.8 Å². The minimum atomic E-state index is 0.525. The van der Waals surface area contributed by atoms with Crippen LogP contribution in [0.25, 0.3) is 0 Å². The van der Waals surface area contributed by atoms with Crippen LogP contribution in [0.15, 0.2) is 24.3 Å². The molecule has 0 amide bonds. The predicted molar refractivity (Wildman–Crippen MR) is 83.2 cm³/mol. The van der Waals surface area contributed by atoms with Crippen LogP contribution in [0, 0.1) is 6.92 Å². The Morgan fingerprint density at radius 1 is 1.15 bits per heavy atom. The fraction of sp³-hybridized carbons (Fsp3) is 0.286. The van der Waals surface area contributed by atoms with Gasteiger partial charge in [-0.15, -0.1) is 0 Å². The Balaban J connectivity index is 1.83. The lowest BCUT2D eigenvalue weighted by atomic mass is 10.3. The molecular weight excluding hydrogens is 295 g/mol. The van der Waals surface area contributed by atoms with Crippen molar-refractivity contribution in [2.75, 3.05) is 10.6 Å². The van der Waals surface area contributed by atoms with E-state index in [4.69, 9.17) is 23.2 Å². The molecule has 2 N–H and O–H groups in total. The van der Waals surface area contributed by atoms with E-state index in [1.807, 2.05) is 19.1 Å². The van der Waals surface area contributed by atoms with Crippen LogP contribution in [0.4, 0.5) is 17.5 Å². The molecule has 1 aromatic carbocycles. The van der Waals surface area contributed by atoms with Gasteiger partial charge >= 0.3 is 0 Å². The fourth-order valence-electron chi connectivity index (χ4n) is 1.85. The zero-order chi connectivity index (χ0) is 14.1. The van der Waals surface area contributed by atoms with Crippen molar-refractivity contribution < 1.29 is 0 Å². The third-order valence-corrected chi connectivity index (χ3v) is 3.51. The summed E-state index contributed by atoms with van der Waals surface area (Å²) in [5, 5.41) is 7.62. The van der Waals surface area contributed by atoms with Gasteiger partial charge in [-0.3, -0.25) is 0 Å². The number of aromatic nitrogens is 2. The van der Waals surface area contributed by atoms with Crippen LogP contribution in [0.2, 0.25) is 10.0 Å². The molecule has 6 heteroatoms. The van der Waals surface area contributed by atoms with Crippen molar-refractivity contribution in [3.63, 3.8) is 0 Å². The molecule has 104 valence electrons. The third-order valence-electron chi connectivity index (χ3n) is 2.96. The number of rotatable bonds is 4. The maximum Gasteiger partial charge on any atom is 0.229 e. The lowest BCUT2D eigenvalue weighted by Crippen LogP contribution is -2.07. The Hall–Kier alpha value is -1.52. The van der Waals surface area contributed by atoms with E-state index in [9.17, 15) is 0 Å². The SMILES string of the molecule is Cc1cc(NC2CC2)nc(Nc2ccc(Cl)cc2Cl)n1. The summed E-state index contributed by atoms with van der Waals surface area (Å²) in [7, 11) is 0. The van der Waals surface area contributed by atoms with E-state index in [0.29, 0.717) is 22.0 Å². The van der Waals surface area contributed by atoms with E-state index < -0.39 is 0 Å². The molecule has 1 aliphatic rings. The first kappa shape index (κ1) is 13.5. The molecule has 1 fully saturated rings. The first-order valence-corrected chi connectivity index (χ1v) is 7.20. The molecule has 0 unspecified atom stereocenters. The quantitative estimate of drug-likeness (QED) is 0.878. The first-order chi connectivity index (χ1) is 9.60. The summed E-state index contributed by atoms with van der Waals surface area (Å²) in [6.07, 6.45) is 2.41. The van der Waals surface area contributed by atoms with E-state index in [1.165, 1.54) is 12.8 Å². The lowest BCUT2D eigenvalue weighted by molar-refractivity contribution is 1.06. The van der Waals surface area contributed by atoms with E-state index in [0.717, 1.165) is 17.2 Å². The number of benzene rings is 1. The Bertz CT molecular complexity index is 641. The van der Waals surface area contributed by atoms with Gasteiger partial charge in [-0.2, -0.15) is 4.98 Å². The third kappa shape index (κ3) is 3.32. The van der Waals surface area contributed by atoms with Gasteiger partial charge in [0.25, 0.3) is 0 Å². The smallest absolute Gasteiger partial charge is 0.229 e. The number of halogens is 2. The van der Waals surface area contributed by atoms with Crippen molar-refractivity contribution in [3.05, 3.63) is 40.0 Å². The molecule has 1 aromatic heterocycles. The molecular formula is C14H14Cl2N4. The zero-order valence-corrected chi connectivity index (χ0v) is 12.5. The van der Waals surface area contributed by atoms with Gasteiger partial charge in [0.05, 0.1) is 10.7 Å². The number of nitrogens with zero attached hydrogens (tertiary/aromatic N) is 2. The summed E-state index contributed by atoms with van der Waals surface area (Å²) in [4.78, 5) is 8.81. The largest absolute Gasteiger partial charge is 0.367 e. The number of hydrogen-bond donors (Lipinski definition) is 2. The van der Waals surface area contributed by atoms with Gasteiger partial charge < -0.3 is 10.6 Å². The van der Waals surface area contributed by atoms with Crippen LogP contribution < -0.4 is 10.6 Å². The van der Waals surface area contributed by atoms with Gasteiger partial charge in [0.1, 0.15) is 5.82 Å². The first-order valence-electron chi connectivity index (χ1n) is 6.44. The molecule has 0 saturated heterocycles. The second-order valence-electron chi connectivity index (χ2n) is 4.89. The van der Waals surface area contributed by atoms with Crippen molar-refractivity contribution in [1.82, 2.24) is 9.97 Å². The van der Waals surface area contributed by atoms with E-state index >= 15 is 0 Å². The highest BCUT2D eigenvalue weighted by atomic mass is 35.5. The Kier molecular flexibility index (Phi) is 3.68. The molecule has 1 saturated carbocycles. The monoisotopic (exact) mass is 308 g/mol. The molecule has 0 spiro atoms. The second kappa shape index (κ2) is 5.46. The van der Waals surface area contributed by atoms with Gasteiger partial charge in [-0.25, -0.2) is 4.98 Å². The molecule has 0 atom stereocenters. The summed E-state index contributed by atoms with van der Waals surface area (Å²) in [5.41, 5.74) is 1.63. The summed E-state index contributed by atoms with van der Waals surface area (Å²) in [6.45, 7) is 1.94. The normalized spacial score (nSPS) is 14.2. The maximum atomic E-state index is 6.14. The van der Waals surface area contributed by atoms with E-state index in [1.54, 1.807) is 12.1 Å². The number of anilines is 3. The number of aryl methyl sites for hydroxylation is 1. The van der Waals surface area contributed by atoms with Crippen molar-refractivity contribution >= 4 is 40.7 Å². The van der Waals surface area contributed by atoms with Gasteiger partial charge in [0.15, 0.2) is 0 Å². The second-order valence-corrected chi connectivity index (χ2v) is 5.73. The van der Waals surface area contributed by atoms with Gasteiger partial charge in [0, 0.05) is 22.8 Å². The molecule has 0 aliphatic heterocycles. The van der Waals surface area contributed by atoms with Crippen LogP contribution >= 0.6 is 23.2 Å². The summed E-state index contributed by atoms with van der Waals surface area (Å²) >= 11 is 12.0. The highest BCUT2D eigenvalue weighted by Crippen LogP contribution is 2.28. The van der Waals surface area contributed by atoms with Crippen LogP contribution in [-0.2, 0) is 0 Å². The average Bonchev–Trinajstić information content (AvgIpc) is 3.16. The molecule has 20 heavy (non-hydrogen) atoms. The average molecular weight is 309 g/mol. The van der Waals surface area contributed by atoms with Gasteiger partial charge in [-0.1, -0.05) is 23.2 Å². The van der Waals surface area contributed by atoms with Crippen molar-refractivity contribution in [2.24, 2.45) is 0 Å². The van der Waals surface area contributed by atoms with Crippen molar-refractivity contribution in [1.29, 1.82) is 0 Å². The molecule has 3 rings (SSSR count). The minimum absolute atomic E-state index is 0.525. The Morgan fingerprint density at radius 3 is 2.65 bits per heavy atom. The minimum Gasteiger partial charge on any atom is -0.367 e. The Labute approximate surface area is 127 Å². The summed E-state index contributed by atoms with van der Waals surface area (Å²) in [6, 6.07) is 7.76. The van der Waals surface area contributed by atoms with Crippen LogP contribution in [0.3, 0.4) is 0 Å². The van der Waals surface area contributed by atoms with E-state index in [2.05, 4.69) is 20.6 Å². The highest BCUT2D eigenvalue weighted by Gasteiger charge is 2.21. The summed E-state index contributed by atoms with van der Waals surface area (Å²) in [5.74, 6) is 1.37. The highest BCUT2D eigenvalue weighted by molar-refractivity contribution is 6.36. The van der Waals surface area contributed by atoms with E-state index in [-0.39, 0.29) is 0 Å². The molecule has 0 radical (unpaired) electrons. The van der Waals surface area contributed by atoms with Crippen molar-refractivity contribution in [3.8, 4) is 0 Å².